The zero-order valence-corrected chi connectivity index (χ0v) is 14.5. The molecule has 0 aliphatic carbocycles. The van der Waals surface area contributed by atoms with E-state index in [2.05, 4.69) is 34.3 Å². The zero-order chi connectivity index (χ0) is 17.6. The van der Waals surface area contributed by atoms with Gasteiger partial charge in [0.05, 0.1) is 4.92 Å². The lowest BCUT2D eigenvalue weighted by molar-refractivity contribution is -0.384. The van der Waals surface area contributed by atoms with Gasteiger partial charge in [-0.15, -0.1) is 0 Å². The van der Waals surface area contributed by atoms with Crippen molar-refractivity contribution in [1.29, 1.82) is 0 Å². The van der Waals surface area contributed by atoms with Crippen molar-refractivity contribution in [1.82, 2.24) is 10.3 Å². The van der Waals surface area contributed by atoms with Gasteiger partial charge in [-0.25, -0.2) is 4.98 Å². The fourth-order valence-corrected chi connectivity index (χ4v) is 3.08. The lowest BCUT2D eigenvalue weighted by Crippen LogP contribution is -2.33. The number of rotatable bonds is 6. The molecule has 132 valence electrons. The first-order valence-electron chi connectivity index (χ1n) is 8.76. The molecule has 0 amide bonds. The fraction of sp³-hybridized carbons (Fsp3) is 0.421. The highest BCUT2D eigenvalue weighted by Crippen LogP contribution is 2.21. The molecule has 1 aromatic heterocycles. The first-order chi connectivity index (χ1) is 12.1. The van der Waals surface area contributed by atoms with Gasteiger partial charge in [-0.2, -0.15) is 0 Å². The van der Waals surface area contributed by atoms with Crippen molar-refractivity contribution in [2.24, 2.45) is 5.92 Å². The van der Waals surface area contributed by atoms with Crippen molar-refractivity contribution in [3.8, 4) is 0 Å². The molecule has 1 N–H and O–H groups in total. The van der Waals surface area contributed by atoms with E-state index in [-0.39, 0.29) is 10.6 Å². The van der Waals surface area contributed by atoms with Crippen LogP contribution in [0.3, 0.4) is 0 Å². The topological polar surface area (TPSA) is 71.3 Å². The van der Waals surface area contributed by atoms with Gasteiger partial charge in [0, 0.05) is 44.5 Å². The van der Waals surface area contributed by atoms with Gasteiger partial charge in [-0.3, -0.25) is 10.1 Å². The summed E-state index contributed by atoms with van der Waals surface area (Å²) in [5, 5.41) is 14.1. The molecule has 0 bridgehead atoms. The summed E-state index contributed by atoms with van der Waals surface area (Å²) in [6.07, 6.45) is 4.37. The number of hydrogen-bond donors (Lipinski definition) is 1. The van der Waals surface area contributed by atoms with Gasteiger partial charge in [0.1, 0.15) is 5.82 Å². The molecule has 0 saturated carbocycles. The van der Waals surface area contributed by atoms with Crippen LogP contribution in [0.2, 0.25) is 0 Å². The number of nitro benzene ring substituents is 1. The van der Waals surface area contributed by atoms with Crippen LogP contribution >= 0.6 is 0 Å². The van der Waals surface area contributed by atoms with Crippen molar-refractivity contribution in [3.05, 3.63) is 63.8 Å². The smallest absolute Gasteiger partial charge is 0.269 e. The van der Waals surface area contributed by atoms with E-state index in [1.165, 1.54) is 18.9 Å². The second-order valence-electron chi connectivity index (χ2n) is 6.72. The normalized spacial score (nSPS) is 15.3. The Bertz CT molecular complexity index is 710. The Morgan fingerprint density at radius 1 is 1.20 bits per heavy atom. The van der Waals surface area contributed by atoms with Crippen LogP contribution in [0.4, 0.5) is 11.5 Å². The van der Waals surface area contributed by atoms with E-state index in [4.69, 9.17) is 0 Å². The first-order valence-corrected chi connectivity index (χ1v) is 8.76. The molecule has 2 aromatic rings. The molecule has 6 heteroatoms. The molecule has 0 unspecified atom stereocenters. The quantitative estimate of drug-likeness (QED) is 0.643. The molecule has 2 heterocycles. The third kappa shape index (κ3) is 4.76. The van der Waals surface area contributed by atoms with Crippen LogP contribution in [0.15, 0.2) is 42.6 Å². The maximum absolute atomic E-state index is 10.8. The van der Waals surface area contributed by atoms with Gasteiger partial charge in [0.25, 0.3) is 5.69 Å². The van der Waals surface area contributed by atoms with Crippen LogP contribution < -0.4 is 10.2 Å². The minimum Gasteiger partial charge on any atom is -0.357 e. The van der Waals surface area contributed by atoms with Gasteiger partial charge in [0.15, 0.2) is 0 Å². The average molecular weight is 340 g/mol. The van der Waals surface area contributed by atoms with Crippen molar-refractivity contribution in [3.63, 3.8) is 0 Å². The monoisotopic (exact) mass is 340 g/mol. The van der Waals surface area contributed by atoms with E-state index >= 15 is 0 Å². The molecule has 0 spiro atoms. The predicted octanol–water partition coefficient (Wildman–Crippen LogP) is 3.52. The number of nitrogens with one attached hydrogen (secondary N) is 1. The standard InChI is InChI=1S/C19H24N4O2/c1-15-7-9-22(10-8-15)19-6-5-17(14-21-19)13-20-12-16-3-2-4-18(11-16)23(24)25/h2-6,11,14-15,20H,7-10,12-13H2,1H3. The Morgan fingerprint density at radius 3 is 2.64 bits per heavy atom. The lowest BCUT2D eigenvalue weighted by atomic mass is 9.99. The summed E-state index contributed by atoms with van der Waals surface area (Å²) >= 11 is 0. The molecule has 0 radical (unpaired) electrons. The highest BCUT2D eigenvalue weighted by Gasteiger charge is 2.16. The number of pyridine rings is 1. The number of nitro groups is 1. The van der Waals surface area contributed by atoms with Gasteiger partial charge in [-0.05, 0) is 36.0 Å². The van der Waals surface area contributed by atoms with E-state index in [1.54, 1.807) is 12.1 Å². The van der Waals surface area contributed by atoms with Crippen LogP contribution in [0.5, 0.6) is 0 Å². The van der Waals surface area contributed by atoms with E-state index in [0.29, 0.717) is 13.1 Å². The third-order valence-corrected chi connectivity index (χ3v) is 4.70. The largest absolute Gasteiger partial charge is 0.357 e. The van der Waals surface area contributed by atoms with E-state index in [0.717, 1.165) is 36.0 Å². The van der Waals surface area contributed by atoms with Crippen LogP contribution in [0.25, 0.3) is 0 Å². The number of non-ortho nitro benzene ring substituents is 1. The Balaban J connectivity index is 1.50. The Morgan fingerprint density at radius 2 is 1.96 bits per heavy atom. The molecular weight excluding hydrogens is 316 g/mol. The summed E-state index contributed by atoms with van der Waals surface area (Å²) in [6, 6.07) is 10.9. The van der Waals surface area contributed by atoms with Crippen LogP contribution in [-0.2, 0) is 13.1 Å². The molecule has 1 aliphatic rings. The van der Waals surface area contributed by atoms with Crippen LogP contribution in [-0.4, -0.2) is 23.0 Å². The van der Waals surface area contributed by atoms with E-state index in [1.807, 2.05) is 12.3 Å². The fourth-order valence-electron chi connectivity index (χ4n) is 3.08. The van der Waals surface area contributed by atoms with E-state index < -0.39 is 0 Å². The number of nitrogens with zero attached hydrogens (tertiary/aromatic N) is 3. The highest BCUT2D eigenvalue weighted by atomic mass is 16.6. The molecule has 1 aromatic carbocycles. The second-order valence-corrected chi connectivity index (χ2v) is 6.72. The molecule has 0 atom stereocenters. The summed E-state index contributed by atoms with van der Waals surface area (Å²) in [5.74, 6) is 1.86. The van der Waals surface area contributed by atoms with E-state index in [9.17, 15) is 10.1 Å². The minimum absolute atomic E-state index is 0.126. The van der Waals surface area contributed by atoms with Gasteiger partial charge >= 0.3 is 0 Å². The number of hydrogen-bond acceptors (Lipinski definition) is 5. The second kappa shape index (κ2) is 8.07. The third-order valence-electron chi connectivity index (χ3n) is 4.70. The summed E-state index contributed by atoms with van der Waals surface area (Å²) in [7, 11) is 0. The van der Waals surface area contributed by atoms with Crippen LogP contribution in [0, 0.1) is 16.0 Å². The van der Waals surface area contributed by atoms with Gasteiger partial charge in [0.2, 0.25) is 0 Å². The summed E-state index contributed by atoms with van der Waals surface area (Å²) in [4.78, 5) is 17.4. The SMILES string of the molecule is CC1CCN(c2ccc(CNCc3cccc([N+](=O)[O-])c3)cn2)CC1. The number of piperidine rings is 1. The van der Waals surface area contributed by atoms with Crippen LogP contribution in [0.1, 0.15) is 30.9 Å². The average Bonchev–Trinajstić information content (AvgIpc) is 2.63. The van der Waals surface area contributed by atoms with Crippen molar-refractivity contribution < 1.29 is 4.92 Å². The van der Waals surface area contributed by atoms with Gasteiger partial charge < -0.3 is 10.2 Å². The summed E-state index contributed by atoms with van der Waals surface area (Å²) in [5.41, 5.74) is 2.14. The first kappa shape index (κ1) is 17.4. The van der Waals surface area contributed by atoms with Crippen molar-refractivity contribution in [2.45, 2.75) is 32.9 Å². The summed E-state index contributed by atoms with van der Waals surface area (Å²) < 4.78 is 0. The maximum atomic E-state index is 10.8. The summed E-state index contributed by atoms with van der Waals surface area (Å²) in [6.45, 7) is 5.75. The molecule has 1 aliphatic heterocycles. The maximum Gasteiger partial charge on any atom is 0.269 e. The van der Waals surface area contributed by atoms with Crippen molar-refractivity contribution in [2.75, 3.05) is 18.0 Å². The number of aromatic nitrogens is 1. The van der Waals surface area contributed by atoms with Gasteiger partial charge in [-0.1, -0.05) is 25.1 Å². The molecule has 6 nitrogen and oxygen atoms in total. The number of anilines is 1. The highest BCUT2D eigenvalue weighted by molar-refractivity contribution is 5.39. The predicted molar refractivity (Wildman–Crippen MR) is 98.5 cm³/mol. The molecule has 1 fully saturated rings. The number of benzene rings is 1. The molecule has 1 saturated heterocycles. The minimum atomic E-state index is -0.368. The Kier molecular flexibility index (Phi) is 5.60. The Labute approximate surface area is 148 Å². The molecule has 25 heavy (non-hydrogen) atoms. The van der Waals surface area contributed by atoms with Crippen molar-refractivity contribution >= 4 is 11.5 Å². The Hall–Kier alpha value is -2.47. The lowest BCUT2D eigenvalue weighted by Gasteiger charge is -2.31. The zero-order valence-electron chi connectivity index (χ0n) is 14.5. The molecular formula is C19H24N4O2. The molecule has 3 rings (SSSR count).